The van der Waals surface area contributed by atoms with Gasteiger partial charge < -0.3 is 36.5 Å². The maximum Gasteiger partial charge on any atom is 0.326 e. The third-order valence-electron chi connectivity index (χ3n) is 5.94. The van der Waals surface area contributed by atoms with Crippen LogP contribution in [0.3, 0.4) is 0 Å². The molecular weight excluding hydrogens is 448 g/mol. The molecule has 1 saturated heterocycles. The fourth-order valence-electron chi connectivity index (χ4n) is 3.82. The van der Waals surface area contributed by atoms with Crippen LogP contribution < -0.4 is 16.4 Å². The molecule has 188 valence electrons. The van der Waals surface area contributed by atoms with Gasteiger partial charge in [-0.2, -0.15) is 0 Å². The first-order chi connectivity index (χ1) is 16.0. The lowest BCUT2D eigenvalue weighted by atomic mass is 9.98. The van der Waals surface area contributed by atoms with E-state index in [4.69, 9.17) is 10.8 Å². The standard InChI is InChI=1S/C21H32N6O7/c1-3-11(2)17(21(33)34)26-18(30)14(7-12-9-23-10-24-12)25-19(31)15-5-4-6-27(15)20(32)13(22)8-16(28)29/h9-11,13-15,17H,3-8,22H2,1-2H3,(H,23,24)(H,25,31)(H,26,30)(H,28,29)(H,33,34). The number of imidazole rings is 1. The van der Waals surface area contributed by atoms with Crippen molar-refractivity contribution in [3.63, 3.8) is 0 Å². The van der Waals surface area contributed by atoms with Crippen molar-refractivity contribution in [1.29, 1.82) is 0 Å². The lowest BCUT2D eigenvalue weighted by Gasteiger charge is -2.28. The Balaban J connectivity index is 2.17. The zero-order chi connectivity index (χ0) is 25.4. The lowest BCUT2D eigenvalue weighted by molar-refractivity contribution is -0.145. The Bertz CT molecular complexity index is 890. The number of amides is 3. The highest BCUT2D eigenvalue weighted by Gasteiger charge is 2.38. The fourth-order valence-corrected chi connectivity index (χ4v) is 3.82. The summed E-state index contributed by atoms with van der Waals surface area (Å²) in [5.41, 5.74) is 6.23. The van der Waals surface area contributed by atoms with E-state index in [2.05, 4.69) is 20.6 Å². The number of H-pyrrole nitrogens is 1. The van der Waals surface area contributed by atoms with Gasteiger partial charge in [-0.1, -0.05) is 20.3 Å². The van der Waals surface area contributed by atoms with Crippen molar-refractivity contribution in [1.82, 2.24) is 25.5 Å². The molecule has 7 N–H and O–H groups in total. The van der Waals surface area contributed by atoms with Crippen LogP contribution in [0.5, 0.6) is 0 Å². The molecule has 5 unspecified atom stereocenters. The second-order valence-corrected chi connectivity index (χ2v) is 8.45. The number of aliphatic carboxylic acids is 2. The van der Waals surface area contributed by atoms with Gasteiger partial charge in [-0.3, -0.25) is 19.2 Å². The van der Waals surface area contributed by atoms with E-state index >= 15 is 0 Å². The molecule has 0 radical (unpaired) electrons. The normalized spacial score (nSPS) is 19.0. The number of nitrogens with zero attached hydrogens (tertiary/aromatic N) is 2. The molecule has 0 aliphatic carbocycles. The van der Waals surface area contributed by atoms with Gasteiger partial charge in [0.2, 0.25) is 17.7 Å². The van der Waals surface area contributed by atoms with Crippen LogP contribution in [0.15, 0.2) is 12.5 Å². The number of carbonyl (C=O) groups excluding carboxylic acids is 3. The monoisotopic (exact) mass is 480 g/mol. The molecule has 2 rings (SSSR count). The average molecular weight is 481 g/mol. The van der Waals surface area contributed by atoms with Crippen LogP contribution in [0.2, 0.25) is 0 Å². The van der Waals surface area contributed by atoms with Crippen LogP contribution in [-0.2, 0) is 30.4 Å². The largest absolute Gasteiger partial charge is 0.481 e. The van der Waals surface area contributed by atoms with E-state index in [0.29, 0.717) is 25.0 Å². The molecule has 1 fully saturated rings. The molecule has 13 heteroatoms. The van der Waals surface area contributed by atoms with Crippen molar-refractivity contribution in [2.24, 2.45) is 11.7 Å². The van der Waals surface area contributed by atoms with Crippen LogP contribution in [0, 0.1) is 5.92 Å². The zero-order valence-corrected chi connectivity index (χ0v) is 19.2. The van der Waals surface area contributed by atoms with Gasteiger partial charge in [0.1, 0.15) is 18.1 Å². The highest BCUT2D eigenvalue weighted by Crippen LogP contribution is 2.19. The molecule has 2 heterocycles. The van der Waals surface area contributed by atoms with Gasteiger partial charge in [-0.25, -0.2) is 9.78 Å². The number of nitrogens with one attached hydrogen (secondary N) is 3. The Morgan fingerprint density at radius 1 is 1.26 bits per heavy atom. The number of likely N-dealkylation sites (tertiary alicyclic amines) is 1. The molecule has 0 spiro atoms. The lowest BCUT2D eigenvalue weighted by Crippen LogP contribution is -2.58. The van der Waals surface area contributed by atoms with E-state index in [1.807, 2.05) is 0 Å². The molecule has 5 atom stereocenters. The predicted octanol–water partition coefficient (Wildman–Crippen LogP) is -1.15. The summed E-state index contributed by atoms with van der Waals surface area (Å²) in [6.45, 7) is 3.73. The summed E-state index contributed by atoms with van der Waals surface area (Å²) < 4.78 is 0. The van der Waals surface area contributed by atoms with Gasteiger partial charge in [-0.05, 0) is 18.8 Å². The first kappa shape index (κ1) is 26.8. The molecule has 34 heavy (non-hydrogen) atoms. The number of nitrogens with two attached hydrogens (primary N) is 1. The Hall–Kier alpha value is -3.48. The molecule has 0 saturated carbocycles. The number of carboxylic acid groups (broad SMARTS) is 2. The summed E-state index contributed by atoms with van der Waals surface area (Å²) in [7, 11) is 0. The molecule has 1 aromatic rings. The Labute approximate surface area is 196 Å². The smallest absolute Gasteiger partial charge is 0.326 e. The third-order valence-corrected chi connectivity index (χ3v) is 5.94. The molecule has 0 bridgehead atoms. The van der Waals surface area contributed by atoms with Crippen molar-refractivity contribution in [2.45, 2.75) is 70.1 Å². The second-order valence-electron chi connectivity index (χ2n) is 8.45. The molecule has 0 aromatic carbocycles. The van der Waals surface area contributed by atoms with E-state index in [1.165, 1.54) is 17.4 Å². The van der Waals surface area contributed by atoms with E-state index < -0.39 is 60.2 Å². The van der Waals surface area contributed by atoms with Crippen molar-refractivity contribution < 1.29 is 34.2 Å². The summed E-state index contributed by atoms with van der Waals surface area (Å²) in [6.07, 6.45) is 3.68. The number of hydrogen-bond donors (Lipinski definition) is 6. The highest BCUT2D eigenvalue weighted by atomic mass is 16.4. The first-order valence-electron chi connectivity index (χ1n) is 11.1. The number of aromatic amines is 1. The number of carbonyl (C=O) groups is 5. The van der Waals surface area contributed by atoms with Gasteiger partial charge in [0.05, 0.1) is 18.8 Å². The summed E-state index contributed by atoms with van der Waals surface area (Å²) in [6, 6.07) is -4.49. The molecule has 1 aliphatic rings. The minimum atomic E-state index is -1.29. The highest BCUT2D eigenvalue weighted by molar-refractivity contribution is 5.95. The van der Waals surface area contributed by atoms with Gasteiger partial charge in [0, 0.05) is 24.9 Å². The van der Waals surface area contributed by atoms with Gasteiger partial charge in [0.15, 0.2) is 0 Å². The van der Waals surface area contributed by atoms with Crippen molar-refractivity contribution in [2.75, 3.05) is 6.54 Å². The number of carboxylic acids is 2. The Morgan fingerprint density at radius 3 is 2.53 bits per heavy atom. The van der Waals surface area contributed by atoms with E-state index in [-0.39, 0.29) is 18.9 Å². The number of rotatable bonds is 12. The fraction of sp³-hybridized carbons (Fsp3) is 0.619. The van der Waals surface area contributed by atoms with Crippen molar-refractivity contribution in [3.8, 4) is 0 Å². The Morgan fingerprint density at radius 2 is 1.97 bits per heavy atom. The van der Waals surface area contributed by atoms with Crippen LogP contribution in [-0.4, -0.2) is 85.5 Å². The zero-order valence-electron chi connectivity index (χ0n) is 19.2. The van der Waals surface area contributed by atoms with Crippen LogP contribution in [0.25, 0.3) is 0 Å². The topological polar surface area (TPSA) is 208 Å². The van der Waals surface area contributed by atoms with E-state index in [0.717, 1.165) is 0 Å². The quantitative estimate of drug-likeness (QED) is 0.213. The summed E-state index contributed by atoms with van der Waals surface area (Å²) in [4.78, 5) is 69.2. The van der Waals surface area contributed by atoms with Crippen LogP contribution in [0.4, 0.5) is 0 Å². The number of hydrogen-bond acceptors (Lipinski definition) is 7. The minimum Gasteiger partial charge on any atom is -0.481 e. The minimum absolute atomic E-state index is 0.0175. The maximum atomic E-state index is 13.1. The van der Waals surface area contributed by atoms with E-state index in [9.17, 15) is 29.1 Å². The van der Waals surface area contributed by atoms with Gasteiger partial charge in [-0.15, -0.1) is 0 Å². The summed E-state index contributed by atoms with van der Waals surface area (Å²) in [5.74, 6) is -4.71. The molecule has 1 aromatic heterocycles. The predicted molar refractivity (Wildman–Crippen MR) is 118 cm³/mol. The van der Waals surface area contributed by atoms with Gasteiger partial charge in [0.25, 0.3) is 0 Å². The Kier molecular flexibility index (Phi) is 9.54. The molecule has 13 nitrogen and oxygen atoms in total. The third kappa shape index (κ3) is 7.01. The van der Waals surface area contributed by atoms with E-state index in [1.54, 1.807) is 13.8 Å². The van der Waals surface area contributed by atoms with Crippen LogP contribution in [0.1, 0.15) is 45.2 Å². The molecular formula is C21H32N6O7. The number of aromatic nitrogens is 2. The maximum absolute atomic E-state index is 13.1. The SMILES string of the molecule is CCC(C)C(NC(=O)C(Cc1cnc[nH]1)NC(=O)C1CCCN1C(=O)C(N)CC(=O)O)C(=O)O. The average Bonchev–Trinajstić information content (AvgIpc) is 3.47. The summed E-state index contributed by atoms with van der Waals surface area (Å²) in [5, 5.41) is 23.5. The van der Waals surface area contributed by atoms with Crippen molar-refractivity contribution >= 4 is 29.7 Å². The molecule has 1 aliphatic heterocycles. The summed E-state index contributed by atoms with van der Waals surface area (Å²) >= 11 is 0. The van der Waals surface area contributed by atoms with Gasteiger partial charge >= 0.3 is 11.9 Å². The second kappa shape index (κ2) is 12.1. The first-order valence-corrected chi connectivity index (χ1v) is 11.1. The molecule has 3 amide bonds. The van der Waals surface area contributed by atoms with Crippen LogP contribution >= 0.6 is 0 Å². The van der Waals surface area contributed by atoms with Crippen molar-refractivity contribution in [3.05, 3.63) is 18.2 Å².